The molecule has 1 aliphatic heterocycles. The molecule has 0 atom stereocenters. The van der Waals surface area contributed by atoms with Gasteiger partial charge in [0.2, 0.25) is 0 Å². The van der Waals surface area contributed by atoms with E-state index in [1.165, 1.54) is 21.7 Å². The largest absolute Gasteiger partial charge is 0.350 e. The van der Waals surface area contributed by atoms with Crippen LogP contribution in [0.1, 0.15) is 31.8 Å². The minimum Gasteiger partial charge on any atom is -0.350 e. The fourth-order valence-corrected chi connectivity index (χ4v) is 4.61. The maximum absolute atomic E-state index is 12.9. The zero-order chi connectivity index (χ0) is 23.1. The zero-order valence-corrected chi connectivity index (χ0v) is 19.3. The summed E-state index contributed by atoms with van der Waals surface area (Å²) in [5.41, 5.74) is 3.96. The highest BCUT2D eigenvalue weighted by Gasteiger charge is 2.37. The van der Waals surface area contributed by atoms with Gasteiger partial charge >= 0.3 is 0 Å². The third-order valence-electron chi connectivity index (χ3n) is 5.75. The lowest BCUT2D eigenvalue weighted by atomic mass is 10.1. The molecule has 6 heteroatoms. The van der Waals surface area contributed by atoms with E-state index >= 15 is 0 Å². The minimum atomic E-state index is -0.367. The van der Waals surface area contributed by atoms with Crippen LogP contribution in [0.4, 0.5) is 11.4 Å². The first kappa shape index (κ1) is 21.3. The highest BCUT2D eigenvalue weighted by Crippen LogP contribution is 2.33. The molecule has 0 aromatic heterocycles. The lowest BCUT2D eigenvalue weighted by Crippen LogP contribution is -2.30. The number of rotatable bonds is 4. The summed E-state index contributed by atoms with van der Waals surface area (Å²) < 4.78 is 0. The van der Waals surface area contributed by atoms with E-state index in [-0.39, 0.29) is 11.8 Å². The van der Waals surface area contributed by atoms with Gasteiger partial charge in [0.05, 0.1) is 21.8 Å². The number of imide groups is 1. The van der Waals surface area contributed by atoms with Crippen LogP contribution in [0.5, 0.6) is 0 Å². The Morgan fingerprint density at radius 1 is 0.879 bits per heavy atom. The first-order valence-electron chi connectivity index (χ1n) is 10.5. The van der Waals surface area contributed by atoms with Gasteiger partial charge in [0.15, 0.2) is 0 Å². The van der Waals surface area contributed by atoms with Crippen molar-refractivity contribution in [1.29, 1.82) is 0 Å². The summed E-state index contributed by atoms with van der Waals surface area (Å²) >= 11 is 11.6. The van der Waals surface area contributed by atoms with E-state index in [1.54, 1.807) is 18.2 Å². The summed E-state index contributed by atoms with van der Waals surface area (Å²) in [6, 6.07) is 24.8. The van der Waals surface area contributed by atoms with Crippen molar-refractivity contribution in [2.45, 2.75) is 13.3 Å². The molecule has 0 radical (unpaired) electrons. The summed E-state index contributed by atoms with van der Waals surface area (Å²) in [6.45, 7) is 1.86. The number of nitrogens with one attached hydrogen (secondary N) is 1. The number of fused-ring (bicyclic) bond motifs is 2. The van der Waals surface area contributed by atoms with E-state index in [0.717, 1.165) is 16.8 Å². The molecule has 5 rings (SSSR count). The molecular weight excluding hydrogens is 452 g/mol. The summed E-state index contributed by atoms with van der Waals surface area (Å²) in [5, 5.41) is 6.07. The number of benzene rings is 4. The van der Waals surface area contributed by atoms with Gasteiger partial charge in [-0.2, -0.15) is 0 Å². The van der Waals surface area contributed by atoms with E-state index in [0.29, 0.717) is 33.2 Å². The molecule has 1 N–H and O–H groups in total. The quantitative estimate of drug-likeness (QED) is 0.270. The maximum atomic E-state index is 12.9. The molecule has 0 fully saturated rings. The third kappa shape index (κ3) is 4.01. The van der Waals surface area contributed by atoms with Crippen LogP contribution in [0.15, 0.2) is 78.9 Å². The number of aryl methyl sites for hydroxylation is 1. The van der Waals surface area contributed by atoms with E-state index < -0.39 is 0 Å². The number of carbonyl (C=O) groups is 2. The highest BCUT2D eigenvalue weighted by atomic mass is 35.5. The standard InChI is InChI=1S/C27H19ClN2O2S/c1-16-12-21(29-25(33)14-17-6-7-18-4-2-3-5-19(18)13-17)9-11-24(16)30-26(31)22-10-8-20(28)15-23(22)27(30)32/h2-13,15H,14H2,1H3,(H,29,33). The molecule has 1 heterocycles. The molecule has 0 spiro atoms. The van der Waals surface area contributed by atoms with Gasteiger partial charge in [-0.05, 0) is 65.2 Å². The Balaban J connectivity index is 1.33. The number of amides is 2. The van der Waals surface area contributed by atoms with E-state index in [1.807, 2.05) is 31.2 Å². The Kier molecular flexibility index (Phi) is 5.44. The fraction of sp³-hybridized carbons (Fsp3) is 0.0741. The van der Waals surface area contributed by atoms with Crippen LogP contribution in [-0.2, 0) is 6.42 Å². The number of hydrogen-bond acceptors (Lipinski definition) is 3. The minimum absolute atomic E-state index is 0.325. The van der Waals surface area contributed by atoms with Crippen molar-refractivity contribution in [2.75, 3.05) is 10.2 Å². The summed E-state index contributed by atoms with van der Waals surface area (Å²) in [4.78, 5) is 27.6. The van der Waals surface area contributed by atoms with Crippen LogP contribution in [0.25, 0.3) is 10.8 Å². The number of halogens is 1. The Bertz CT molecular complexity index is 1460. The van der Waals surface area contributed by atoms with Crippen LogP contribution in [-0.4, -0.2) is 16.8 Å². The number of anilines is 2. The Labute approximate surface area is 201 Å². The molecule has 0 aliphatic carbocycles. The molecule has 4 aromatic rings. The Morgan fingerprint density at radius 2 is 1.64 bits per heavy atom. The zero-order valence-electron chi connectivity index (χ0n) is 17.8. The molecule has 162 valence electrons. The van der Waals surface area contributed by atoms with Crippen molar-refractivity contribution in [3.05, 3.63) is 106 Å². The maximum Gasteiger partial charge on any atom is 0.266 e. The van der Waals surface area contributed by atoms with Crippen molar-refractivity contribution in [3.8, 4) is 0 Å². The van der Waals surface area contributed by atoms with Crippen molar-refractivity contribution >= 4 is 62.8 Å². The highest BCUT2D eigenvalue weighted by molar-refractivity contribution is 7.80. The Morgan fingerprint density at radius 3 is 2.42 bits per heavy atom. The van der Waals surface area contributed by atoms with Gasteiger partial charge in [-0.25, -0.2) is 4.90 Å². The molecule has 1 aliphatic rings. The number of thiocarbonyl (C=S) groups is 1. The molecule has 4 nitrogen and oxygen atoms in total. The molecule has 0 bridgehead atoms. The molecule has 0 saturated heterocycles. The average Bonchev–Trinajstić information content (AvgIpc) is 3.03. The summed E-state index contributed by atoms with van der Waals surface area (Å²) in [5.74, 6) is -0.713. The molecular formula is C27H19ClN2O2S. The second-order valence-electron chi connectivity index (χ2n) is 8.04. The number of carbonyl (C=O) groups excluding carboxylic acids is 2. The van der Waals surface area contributed by atoms with Crippen LogP contribution < -0.4 is 10.2 Å². The summed E-state index contributed by atoms with van der Waals surface area (Å²) in [7, 11) is 0. The topological polar surface area (TPSA) is 49.4 Å². The smallest absolute Gasteiger partial charge is 0.266 e. The van der Waals surface area contributed by atoms with Crippen molar-refractivity contribution < 1.29 is 9.59 Å². The fourth-order valence-electron chi connectivity index (χ4n) is 4.16. The number of nitrogens with zero attached hydrogens (tertiary/aromatic N) is 1. The van der Waals surface area contributed by atoms with Crippen LogP contribution in [0, 0.1) is 6.92 Å². The molecule has 0 unspecified atom stereocenters. The number of hydrogen-bond donors (Lipinski definition) is 1. The van der Waals surface area contributed by atoms with Gasteiger partial charge in [-0.3, -0.25) is 9.59 Å². The van der Waals surface area contributed by atoms with Gasteiger partial charge in [0, 0.05) is 17.1 Å². The predicted octanol–water partition coefficient (Wildman–Crippen LogP) is 6.58. The van der Waals surface area contributed by atoms with E-state index in [9.17, 15) is 9.59 Å². The van der Waals surface area contributed by atoms with Crippen LogP contribution >= 0.6 is 23.8 Å². The van der Waals surface area contributed by atoms with E-state index in [2.05, 4.69) is 35.6 Å². The second kappa shape index (κ2) is 8.43. The average molecular weight is 471 g/mol. The third-order valence-corrected chi connectivity index (χ3v) is 6.23. The van der Waals surface area contributed by atoms with Gasteiger partial charge in [-0.15, -0.1) is 0 Å². The normalized spacial score (nSPS) is 12.8. The van der Waals surface area contributed by atoms with Crippen molar-refractivity contribution in [2.24, 2.45) is 0 Å². The van der Waals surface area contributed by atoms with Gasteiger partial charge < -0.3 is 5.32 Å². The van der Waals surface area contributed by atoms with Gasteiger partial charge in [0.1, 0.15) is 0 Å². The first-order valence-corrected chi connectivity index (χ1v) is 11.3. The lowest BCUT2D eigenvalue weighted by molar-refractivity contribution is 0.0926. The first-order chi connectivity index (χ1) is 15.9. The monoisotopic (exact) mass is 470 g/mol. The molecule has 33 heavy (non-hydrogen) atoms. The van der Waals surface area contributed by atoms with Crippen molar-refractivity contribution in [3.63, 3.8) is 0 Å². The van der Waals surface area contributed by atoms with Gasteiger partial charge in [-0.1, -0.05) is 66.3 Å². The lowest BCUT2D eigenvalue weighted by Gasteiger charge is -2.18. The van der Waals surface area contributed by atoms with Crippen molar-refractivity contribution in [1.82, 2.24) is 0 Å². The molecule has 0 saturated carbocycles. The SMILES string of the molecule is Cc1cc(NC(=S)Cc2ccc3ccccc3c2)ccc1N1C(=O)c2ccc(Cl)cc2C1=O. The van der Waals surface area contributed by atoms with Crippen LogP contribution in [0.2, 0.25) is 5.02 Å². The molecule has 4 aromatic carbocycles. The van der Waals surface area contributed by atoms with Crippen LogP contribution in [0.3, 0.4) is 0 Å². The van der Waals surface area contributed by atoms with Gasteiger partial charge in [0.25, 0.3) is 11.8 Å². The molecule has 2 amide bonds. The van der Waals surface area contributed by atoms with E-state index in [4.69, 9.17) is 23.8 Å². The Hall–Kier alpha value is -3.54. The predicted molar refractivity (Wildman–Crippen MR) is 138 cm³/mol. The summed E-state index contributed by atoms with van der Waals surface area (Å²) in [6.07, 6.45) is 0.611. The second-order valence-corrected chi connectivity index (χ2v) is 8.97.